The molecule has 1 aliphatic heterocycles. The molecule has 1 heterocycles. The second-order valence-corrected chi connectivity index (χ2v) is 4.58. The van der Waals surface area contributed by atoms with Gasteiger partial charge in [0.25, 0.3) is 0 Å². The molecule has 1 saturated heterocycles. The first-order valence-electron chi connectivity index (χ1n) is 5.83. The average Bonchev–Trinajstić information content (AvgIpc) is 2.39. The van der Waals surface area contributed by atoms with Crippen LogP contribution in [0.25, 0.3) is 0 Å². The summed E-state index contributed by atoms with van der Waals surface area (Å²) in [5, 5.41) is 18.1. The number of nitrogens with two attached hydrogens (primary N) is 1. The Morgan fingerprint density at radius 1 is 1.39 bits per heavy atom. The smallest absolute Gasteiger partial charge is 0.323 e. The number of aliphatic carboxylic acids is 1. The molecule has 1 fully saturated rings. The summed E-state index contributed by atoms with van der Waals surface area (Å²) in [7, 11) is 0. The minimum atomic E-state index is -1.13. The molecule has 5 nitrogen and oxygen atoms in total. The number of piperidine rings is 1. The Kier molecular flexibility index (Phi) is 3.21. The molecule has 1 aromatic rings. The van der Waals surface area contributed by atoms with Crippen molar-refractivity contribution in [2.45, 2.75) is 18.4 Å². The molecule has 0 saturated carbocycles. The van der Waals surface area contributed by atoms with Gasteiger partial charge in [-0.1, -0.05) is 12.1 Å². The van der Waals surface area contributed by atoms with Crippen molar-refractivity contribution in [3.63, 3.8) is 0 Å². The second kappa shape index (κ2) is 4.67. The van der Waals surface area contributed by atoms with E-state index in [4.69, 9.17) is 16.1 Å². The summed E-state index contributed by atoms with van der Waals surface area (Å²) in [5.74, 6) is -0.948. The van der Waals surface area contributed by atoms with E-state index in [1.54, 1.807) is 6.07 Å². The predicted molar refractivity (Wildman–Crippen MR) is 67.2 cm³/mol. The lowest BCUT2D eigenvalue weighted by Gasteiger charge is -2.37. The van der Waals surface area contributed by atoms with Crippen LogP contribution in [0.3, 0.4) is 0 Å². The molecule has 94 valence electrons. The first kappa shape index (κ1) is 12.4. The third kappa shape index (κ3) is 2.15. The number of anilines is 1. The summed E-state index contributed by atoms with van der Waals surface area (Å²) in [6.07, 6.45) is 0.782. The molecule has 2 rings (SSSR count). The van der Waals surface area contributed by atoms with Crippen LogP contribution in [0.4, 0.5) is 5.69 Å². The summed E-state index contributed by atoms with van der Waals surface area (Å²) in [5.41, 5.74) is 6.16. The van der Waals surface area contributed by atoms with Gasteiger partial charge in [-0.2, -0.15) is 5.26 Å². The highest BCUT2D eigenvalue weighted by Gasteiger charge is 2.37. The van der Waals surface area contributed by atoms with Crippen LogP contribution in [0, 0.1) is 11.3 Å². The zero-order valence-electron chi connectivity index (χ0n) is 9.97. The molecule has 0 amide bonds. The van der Waals surface area contributed by atoms with E-state index in [0.717, 1.165) is 5.69 Å². The zero-order chi connectivity index (χ0) is 13.2. The van der Waals surface area contributed by atoms with E-state index in [0.29, 0.717) is 31.5 Å². The highest BCUT2D eigenvalue weighted by molar-refractivity contribution is 5.79. The Morgan fingerprint density at radius 3 is 2.56 bits per heavy atom. The van der Waals surface area contributed by atoms with Crippen LogP contribution in [0.5, 0.6) is 0 Å². The van der Waals surface area contributed by atoms with Crippen molar-refractivity contribution in [3.8, 4) is 6.07 Å². The van der Waals surface area contributed by atoms with E-state index in [1.807, 2.05) is 23.1 Å². The summed E-state index contributed by atoms with van der Waals surface area (Å²) in [6.45, 7) is 1.11. The average molecular weight is 245 g/mol. The first-order valence-corrected chi connectivity index (χ1v) is 5.83. The Bertz CT molecular complexity index is 499. The van der Waals surface area contributed by atoms with Gasteiger partial charge < -0.3 is 15.7 Å². The number of nitrogens with zero attached hydrogens (tertiary/aromatic N) is 2. The van der Waals surface area contributed by atoms with Crippen LogP contribution >= 0.6 is 0 Å². The number of nitriles is 1. The minimum Gasteiger partial charge on any atom is -0.480 e. The van der Waals surface area contributed by atoms with Crippen molar-refractivity contribution >= 4 is 11.7 Å². The van der Waals surface area contributed by atoms with Gasteiger partial charge in [0.2, 0.25) is 0 Å². The number of hydrogen-bond acceptors (Lipinski definition) is 4. The maximum atomic E-state index is 11.0. The molecule has 0 atom stereocenters. The minimum absolute atomic E-state index is 0.391. The molecule has 1 aliphatic rings. The molecular formula is C13H15N3O2. The molecule has 3 N–H and O–H groups in total. The molecule has 0 unspecified atom stereocenters. The Balaban J connectivity index is 2.15. The van der Waals surface area contributed by atoms with Gasteiger partial charge in [-0.15, -0.1) is 0 Å². The van der Waals surface area contributed by atoms with Gasteiger partial charge in [-0.05, 0) is 25.0 Å². The summed E-state index contributed by atoms with van der Waals surface area (Å²) < 4.78 is 0. The van der Waals surface area contributed by atoms with Gasteiger partial charge >= 0.3 is 5.97 Å². The Labute approximate surface area is 105 Å². The zero-order valence-corrected chi connectivity index (χ0v) is 9.97. The maximum Gasteiger partial charge on any atom is 0.323 e. The van der Waals surface area contributed by atoms with Crippen LogP contribution in [0.15, 0.2) is 24.3 Å². The van der Waals surface area contributed by atoms with E-state index < -0.39 is 11.5 Å². The predicted octanol–water partition coefficient (Wildman–Crippen LogP) is 0.941. The monoisotopic (exact) mass is 245 g/mol. The van der Waals surface area contributed by atoms with Crippen molar-refractivity contribution in [2.75, 3.05) is 18.0 Å². The molecular weight excluding hydrogens is 230 g/mol. The van der Waals surface area contributed by atoms with Gasteiger partial charge in [-0.3, -0.25) is 4.79 Å². The third-order valence-corrected chi connectivity index (χ3v) is 3.45. The standard InChI is InChI=1S/C13H15N3O2/c14-9-10-3-1-2-4-11(10)16-7-5-13(15,6-8-16)12(17)18/h1-4H,5-8,15H2,(H,17,18). The van der Waals surface area contributed by atoms with Crippen LogP contribution < -0.4 is 10.6 Å². The summed E-state index contributed by atoms with van der Waals surface area (Å²) in [4.78, 5) is 13.1. The number of para-hydroxylation sites is 1. The number of carboxylic acids is 1. The van der Waals surface area contributed by atoms with Crippen molar-refractivity contribution in [2.24, 2.45) is 5.73 Å². The fraction of sp³-hybridized carbons (Fsp3) is 0.385. The highest BCUT2D eigenvalue weighted by Crippen LogP contribution is 2.27. The van der Waals surface area contributed by atoms with Gasteiger partial charge in [0, 0.05) is 13.1 Å². The summed E-state index contributed by atoms with van der Waals surface area (Å²) in [6, 6.07) is 9.47. The number of hydrogen-bond donors (Lipinski definition) is 2. The van der Waals surface area contributed by atoms with Crippen LogP contribution in [0.1, 0.15) is 18.4 Å². The number of carboxylic acid groups (broad SMARTS) is 1. The molecule has 0 bridgehead atoms. The third-order valence-electron chi connectivity index (χ3n) is 3.45. The fourth-order valence-electron chi connectivity index (χ4n) is 2.20. The second-order valence-electron chi connectivity index (χ2n) is 4.58. The van der Waals surface area contributed by atoms with Gasteiger partial charge in [-0.25, -0.2) is 0 Å². The van der Waals surface area contributed by atoms with Crippen molar-refractivity contribution in [1.29, 1.82) is 5.26 Å². The number of benzene rings is 1. The normalized spacial score (nSPS) is 18.1. The molecule has 0 spiro atoms. The Morgan fingerprint density at radius 2 is 2.00 bits per heavy atom. The van der Waals surface area contributed by atoms with E-state index in [9.17, 15) is 4.79 Å². The van der Waals surface area contributed by atoms with Crippen LogP contribution in [-0.2, 0) is 4.79 Å². The van der Waals surface area contributed by atoms with E-state index in [-0.39, 0.29) is 0 Å². The SMILES string of the molecule is N#Cc1ccccc1N1CCC(N)(C(=O)O)CC1. The van der Waals surface area contributed by atoms with E-state index >= 15 is 0 Å². The van der Waals surface area contributed by atoms with E-state index in [2.05, 4.69) is 6.07 Å². The molecule has 0 aliphatic carbocycles. The lowest BCUT2D eigenvalue weighted by atomic mass is 9.88. The number of carbonyl (C=O) groups is 1. The lowest BCUT2D eigenvalue weighted by molar-refractivity contribution is -0.144. The topological polar surface area (TPSA) is 90.4 Å². The summed E-state index contributed by atoms with van der Waals surface area (Å²) >= 11 is 0. The number of rotatable bonds is 2. The van der Waals surface area contributed by atoms with Crippen LogP contribution in [0.2, 0.25) is 0 Å². The highest BCUT2D eigenvalue weighted by atomic mass is 16.4. The van der Waals surface area contributed by atoms with E-state index in [1.165, 1.54) is 0 Å². The first-order chi connectivity index (χ1) is 8.57. The lowest BCUT2D eigenvalue weighted by Crippen LogP contribution is -2.55. The van der Waals surface area contributed by atoms with Crippen molar-refractivity contribution < 1.29 is 9.90 Å². The maximum absolute atomic E-state index is 11.0. The van der Waals surface area contributed by atoms with Gasteiger partial charge in [0.1, 0.15) is 11.6 Å². The quantitative estimate of drug-likeness (QED) is 0.809. The largest absolute Gasteiger partial charge is 0.480 e. The van der Waals surface area contributed by atoms with Crippen LogP contribution in [-0.4, -0.2) is 29.7 Å². The van der Waals surface area contributed by atoms with Gasteiger partial charge in [0.15, 0.2) is 0 Å². The molecule has 18 heavy (non-hydrogen) atoms. The van der Waals surface area contributed by atoms with Crippen molar-refractivity contribution in [1.82, 2.24) is 0 Å². The van der Waals surface area contributed by atoms with Gasteiger partial charge in [0.05, 0.1) is 11.3 Å². The fourth-order valence-corrected chi connectivity index (χ4v) is 2.20. The van der Waals surface area contributed by atoms with Crippen molar-refractivity contribution in [3.05, 3.63) is 29.8 Å². The molecule has 0 aromatic heterocycles. The molecule has 5 heteroatoms. The molecule has 0 radical (unpaired) electrons. The Hall–Kier alpha value is -2.06. The molecule has 1 aromatic carbocycles.